The van der Waals surface area contributed by atoms with Gasteiger partial charge in [-0.3, -0.25) is 9.69 Å². The van der Waals surface area contributed by atoms with Crippen LogP contribution in [-0.4, -0.2) is 65.6 Å². The summed E-state index contributed by atoms with van der Waals surface area (Å²) in [6, 6.07) is 13.5. The Balaban J connectivity index is 1.30. The second-order valence-corrected chi connectivity index (χ2v) is 9.26. The second kappa shape index (κ2) is 9.04. The van der Waals surface area contributed by atoms with Crippen molar-refractivity contribution in [2.75, 3.05) is 32.7 Å². The number of benzene rings is 1. The molecule has 0 bridgehead atoms. The van der Waals surface area contributed by atoms with Gasteiger partial charge >= 0.3 is 0 Å². The molecular formula is C26H31N3O3. The van der Waals surface area contributed by atoms with Gasteiger partial charge in [-0.05, 0) is 56.9 Å². The van der Waals surface area contributed by atoms with Crippen molar-refractivity contribution < 1.29 is 13.9 Å². The molecule has 0 aliphatic carbocycles. The zero-order valence-electron chi connectivity index (χ0n) is 18.9. The molecule has 2 aliphatic rings. The first-order valence-corrected chi connectivity index (χ1v) is 11.7. The van der Waals surface area contributed by atoms with E-state index in [0.29, 0.717) is 35.1 Å². The van der Waals surface area contributed by atoms with E-state index in [9.17, 15) is 4.79 Å². The van der Waals surface area contributed by atoms with Gasteiger partial charge in [-0.15, -0.1) is 0 Å². The minimum atomic E-state index is 0.0865. The molecule has 2 aliphatic heterocycles. The Kier molecular flexibility index (Phi) is 5.98. The summed E-state index contributed by atoms with van der Waals surface area (Å²) in [6.07, 6.45) is 4.31. The summed E-state index contributed by atoms with van der Waals surface area (Å²) in [4.78, 5) is 22.8. The first kappa shape index (κ1) is 21.2. The van der Waals surface area contributed by atoms with E-state index < -0.39 is 0 Å². The summed E-state index contributed by atoms with van der Waals surface area (Å²) in [5.41, 5.74) is 2.22. The van der Waals surface area contributed by atoms with Crippen LogP contribution in [0.1, 0.15) is 37.0 Å². The molecule has 6 heteroatoms. The van der Waals surface area contributed by atoms with E-state index in [1.54, 1.807) is 6.26 Å². The number of carbonyl (C=O) groups is 1. The SMILES string of the molecule is C[C@H]1CN(CC2CCN(C(=O)c3cc(-c4ccco4)nc4ccccc34)CC2)C[C@H](C)O1. The van der Waals surface area contributed by atoms with Crippen LogP contribution in [0.4, 0.5) is 0 Å². The minimum Gasteiger partial charge on any atom is -0.463 e. The van der Waals surface area contributed by atoms with Gasteiger partial charge in [0.05, 0.1) is 29.6 Å². The maximum absolute atomic E-state index is 13.6. The summed E-state index contributed by atoms with van der Waals surface area (Å²) in [5.74, 6) is 1.39. The van der Waals surface area contributed by atoms with Crippen LogP contribution < -0.4 is 0 Å². The average molecular weight is 434 g/mol. The Labute approximate surface area is 189 Å². The lowest BCUT2D eigenvalue weighted by Crippen LogP contribution is -2.48. The lowest BCUT2D eigenvalue weighted by Gasteiger charge is -2.39. The van der Waals surface area contributed by atoms with Crippen LogP contribution in [0.25, 0.3) is 22.4 Å². The summed E-state index contributed by atoms with van der Waals surface area (Å²) in [5, 5.41) is 0.895. The van der Waals surface area contributed by atoms with Crippen molar-refractivity contribution in [2.24, 2.45) is 5.92 Å². The number of hydrogen-bond acceptors (Lipinski definition) is 5. The number of morpholine rings is 1. The average Bonchev–Trinajstić information content (AvgIpc) is 3.33. The highest BCUT2D eigenvalue weighted by Gasteiger charge is 2.29. The van der Waals surface area contributed by atoms with Crippen molar-refractivity contribution in [1.82, 2.24) is 14.8 Å². The molecule has 0 saturated carbocycles. The van der Waals surface area contributed by atoms with Gasteiger partial charge in [0.15, 0.2) is 5.76 Å². The standard InChI is InChI=1S/C26H31N3O3/c1-18-15-28(16-19(2)32-18)17-20-9-11-29(12-10-20)26(30)22-14-24(25-8-5-13-31-25)27-23-7-4-3-6-21(22)23/h3-8,13-14,18-20H,9-12,15-17H2,1-2H3/t18-,19-/m0/s1. The molecule has 3 aromatic rings. The lowest BCUT2D eigenvalue weighted by molar-refractivity contribution is -0.0728. The van der Waals surface area contributed by atoms with Crippen molar-refractivity contribution in [1.29, 1.82) is 0 Å². The molecule has 0 unspecified atom stereocenters. The highest BCUT2D eigenvalue weighted by molar-refractivity contribution is 6.07. The van der Waals surface area contributed by atoms with Crippen LogP contribution >= 0.6 is 0 Å². The highest BCUT2D eigenvalue weighted by atomic mass is 16.5. The van der Waals surface area contributed by atoms with Gasteiger partial charge in [-0.2, -0.15) is 0 Å². The monoisotopic (exact) mass is 433 g/mol. The largest absolute Gasteiger partial charge is 0.463 e. The van der Waals surface area contributed by atoms with Crippen molar-refractivity contribution >= 4 is 16.8 Å². The zero-order chi connectivity index (χ0) is 22.1. The molecule has 2 atom stereocenters. The Bertz CT molecular complexity index is 1060. The van der Waals surface area contributed by atoms with E-state index in [2.05, 4.69) is 18.7 Å². The Morgan fingerprint density at radius 2 is 1.81 bits per heavy atom. The summed E-state index contributed by atoms with van der Waals surface area (Å²) in [7, 11) is 0. The smallest absolute Gasteiger partial charge is 0.254 e. The van der Waals surface area contributed by atoms with E-state index in [1.165, 1.54) is 0 Å². The first-order valence-electron chi connectivity index (χ1n) is 11.7. The quantitative estimate of drug-likeness (QED) is 0.608. The van der Waals surface area contributed by atoms with Crippen LogP contribution in [0.3, 0.4) is 0 Å². The van der Waals surface area contributed by atoms with Gasteiger partial charge in [0, 0.05) is 38.1 Å². The third kappa shape index (κ3) is 4.43. The fraction of sp³-hybridized carbons (Fsp3) is 0.462. The molecule has 0 spiro atoms. The van der Waals surface area contributed by atoms with Crippen molar-refractivity contribution in [2.45, 2.75) is 38.9 Å². The fourth-order valence-corrected chi connectivity index (χ4v) is 5.19. The van der Waals surface area contributed by atoms with E-state index in [0.717, 1.165) is 56.5 Å². The fourth-order valence-electron chi connectivity index (χ4n) is 5.19. The van der Waals surface area contributed by atoms with Gasteiger partial charge in [-0.25, -0.2) is 4.98 Å². The normalized spacial score (nSPS) is 23.0. The van der Waals surface area contributed by atoms with E-state index in [4.69, 9.17) is 14.1 Å². The number of ether oxygens (including phenoxy) is 1. The highest BCUT2D eigenvalue weighted by Crippen LogP contribution is 2.28. The van der Waals surface area contributed by atoms with Crippen LogP contribution in [0, 0.1) is 5.92 Å². The summed E-state index contributed by atoms with van der Waals surface area (Å²) in [6.45, 7) is 9.00. The van der Waals surface area contributed by atoms with E-state index in [-0.39, 0.29) is 5.91 Å². The summed E-state index contributed by atoms with van der Waals surface area (Å²) < 4.78 is 11.4. The number of amides is 1. The molecule has 2 saturated heterocycles. The summed E-state index contributed by atoms with van der Waals surface area (Å²) >= 11 is 0. The van der Waals surface area contributed by atoms with Gasteiger partial charge in [0.2, 0.25) is 0 Å². The number of pyridine rings is 1. The van der Waals surface area contributed by atoms with Crippen molar-refractivity contribution in [3.8, 4) is 11.5 Å². The number of hydrogen-bond donors (Lipinski definition) is 0. The Hall–Kier alpha value is -2.70. The van der Waals surface area contributed by atoms with Gasteiger partial charge < -0.3 is 14.1 Å². The van der Waals surface area contributed by atoms with Crippen LogP contribution in [0.5, 0.6) is 0 Å². The topological polar surface area (TPSA) is 58.8 Å². The van der Waals surface area contributed by atoms with Crippen molar-refractivity contribution in [3.05, 3.63) is 54.3 Å². The van der Waals surface area contributed by atoms with Gasteiger partial charge in [0.25, 0.3) is 5.91 Å². The lowest BCUT2D eigenvalue weighted by atomic mass is 9.94. The molecule has 1 aromatic carbocycles. The zero-order valence-corrected chi connectivity index (χ0v) is 18.9. The molecule has 0 N–H and O–H groups in total. The number of fused-ring (bicyclic) bond motifs is 1. The number of rotatable bonds is 4. The number of nitrogens with zero attached hydrogens (tertiary/aromatic N) is 3. The third-order valence-electron chi connectivity index (χ3n) is 6.63. The minimum absolute atomic E-state index is 0.0865. The molecule has 5 rings (SSSR count). The molecular weight excluding hydrogens is 402 g/mol. The first-order chi connectivity index (χ1) is 15.6. The molecule has 2 fully saturated rings. The van der Waals surface area contributed by atoms with Crippen LogP contribution in [0.2, 0.25) is 0 Å². The predicted molar refractivity (Wildman–Crippen MR) is 125 cm³/mol. The Morgan fingerprint density at radius 3 is 2.53 bits per heavy atom. The van der Waals surface area contributed by atoms with Gasteiger partial charge in [0.1, 0.15) is 5.69 Å². The predicted octanol–water partition coefficient (Wildman–Crippen LogP) is 4.46. The maximum atomic E-state index is 13.6. The van der Waals surface area contributed by atoms with Gasteiger partial charge in [-0.1, -0.05) is 18.2 Å². The number of likely N-dealkylation sites (tertiary alicyclic amines) is 1. The van der Waals surface area contributed by atoms with Crippen LogP contribution in [0.15, 0.2) is 53.1 Å². The van der Waals surface area contributed by atoms with Crippen molar-refractivity contribution in [3.63, 3.8) is 0 Å². The molecule has 2 aromatic heterocycles. The van der Waals surface area contributed by atoms with Crippen LogP contribution in [-0.2, 0) is 4.74 Å². The molecule has 6 nitrogen and oxygen atoms in total. The molecule has 32 heavy (non-hydrogen) atoms. The van der Waals surface area contributed by atoms with E-state index >= 15 is 0 Å². The molecule has 168 valence electrons. The molecule has 0 radical (unpaired) electrons. The molecule has 4 heterocycles. The number of aromatic nitrogens is 1. The number of furan rings is 1. The second-order valence-electron chi connectivity index (χ2n) is 9.26. The molecule has 1 amide bonds. The van der Waals surface area contributed by atoms with E-state index in [1.807, 2.05) is 47.4 Å². The Morgan fingerprint density at radius 1 is 1.06 bits per heavy atom. The number of piperidine rings is 1. The third-order valence-corrected chi connectivity index (χ3v) is 6.63. The maximum Gasteiger partial charge on any atom is 0.254 e. The number of carbonyl (C=O) groups excluding carboxylic acids is 1. The number of para-hydroxylation sites is 1.